The molecule has 0 saturated heterocycles. The SMILES string of the molecule is CN(Cc1cscn1)C(CC#N)c1ccccc1. The number of nitriles is 1. The summed E-state index contributed by atoms with van der Waals surface area (Å²) < 4.78 is 0. The van der Waals surface area contributed by atoms with Gasteiger partial charge in [0.2, 0.25) is 0 Å². The predicted molar refractivity (Wildman–Crippen MR) is 73.0 cm³/mol. The molecule has 0 saturated carbocycles. The van der Waals surface area contributed by atoms with Gasteiger partial charge in [0.1, 0.15) is 0 Å². The lowest BCUT2D eigenvalue weighted by Gasteiger charge is -2.25. The molecule has 0 amide bonds. The highest BCUT2D eigenvalue weighted by molar-refractivity contribution is 7.07. The van der Waals surface area contributed by atoms with E-state index in [2.05, 4.69) is 28.1 Å². The van der Waals surface area contributed by atoms with Crippen molar-refractivity contribution in [3.63, 3.8) is 0 Å². The van der Waals surface area contributed by atoms with Gasteiger partial charge < -0.3 is 0 Å². The molecule has 18 heavy (non-hydrogen) atoms. The van der Waals surface area contributed by atoms with Gasteiger partial charge in [-0.15, -0.1) is 11.3 Å². The molecule has 0 aliphatic rings. The van der Waals surface area contributed by atoms with E-state index >= 15 is 0 Å². The second kappa shape index (κ2) is 6.29. The van der Waals surface area contributed by atoms with E-state index in [0.29, 0.717) is 6.42 Å². The number of aromatic nitrogens is 1. The first-order chi connectivity index (χ1) is 8.81. The minimum atomic E-state index is 0.123. The maximum Gasteiger partial charge on any atom is 0.0795 e. The third-order valence-corrected chi connectivity index (χ3v) is 3.53. The van der Waals surface area contributed by atoms with Gasteiger partial charge >= 0.3 is 0 Å². The Morgan fingerprint density at radius 2 is 2.17 bits per heavy atom. The molecule has 0 aliphatic heterocycles. The fourth-order valence-electron chi connectivity index (χ4n) is 1.97. The molecule has 4 heteroatoms. The van der Waals surface area contributed by atoms with Crippen LogP contribution < -0.4 is 0 Å². The first-order valence-corrected chi connectivity index (χ1v) is 6.74. The Morgan fingerprint density at radius 3 is 2.78 bits per heavy atom. The smallest absolute Gasteiger partial charge is 0.0795 e. The molecule has 1 atom stereocenters. The van der Waals surface area contributed by atoms with E-state index in [-0.39, 0.29) is 6.04 Å². The van der Waals surface area contributed by atoms with E-state index < -0.39 is 0 Å². The number of nitrogens with zero attached hydrogens (tertiary/aromatic N) is 3. The van der Waals surface area contributed by atoms with Crippen molar-refractivity contribution in [3.05, 3.63) is 52.5 Å². The van der Waals surface area contributed by atoms with Crippen LogP contribution in [0.5, 0.6) is 0 Å². The highest BCUT2D eigenvalue weighted by atomic mass is 32.1. The minimum absolute atomic E-state index is 0.123. The summed E-state index contributed by atoms with van der Waals surface area (Å²) in [6, 6.07) is 12.5. The average molecular weight is 257 g/mol. The van der Waals surface area contributed by atoms with Gasteiger partial charge in [-0.25, -0.2) is 4.98 Å². The van der Waals surface area contributed by atoms with E-state index in [1.54, 1.807) is 11.3 Å². The molecule has 0 fully saturated rings. The van der Waals surface area contributed by atoms with Crippen molar-refractivity contribution in [1.82, 2.24) is 9.88 Å². The van der Waals surface area contributed by atoms with Crippen LogP contribution in [0.15, 0.2) is 41.2 Å². The van der Waals surface area contributed by atoms with Crippen LogP contribution in [0.3, 0.4) is 0 Å². The number of thiazole rings is 1. The van der Waals surface area contributed by atoms with Gasteiger partial charge in [-0.05, 0) is 12.6 Å². The second-order valence-electron chi connectivity index (χ2n) is 4.18. The van der Waals surface area contributed by atoms with E-state index in [9.17, 15) is 0 Å². The van der Waals surface area contributed by atoms with Crippen LogP contribution in [-0.2, 0) is 6.54 Å². The van der Waals surface area contributed by atoms with Crippen molar-refractivity contribution in [2.45, 2.75) is 19.0 Å². The molecular formula is C14H15N3S. The third kappa shape index (κ3) is 3.16. The Balaban J connectivity index is 2.13. The summed E-state index contributed by atoms with van der Waals surface area (Å²) in [6.07, 6.45) is 0.491. The van der Waals surface area contributed by atoms with Gasteiger partial charge in [-0.2, -0.15) is 5.26 Å². The first kappa shape index (κ1) is 12.7. The Morgan fingerprint density at radius 1 is 1.39 bits per heavy atom. The molecule has 1 aromatic heterocycles. The number of rotatable bonds is 5. The summed E-state index contributed by atoms with van der Waals surface area (Å²) in [4.78, 5) is 6.46. The van der Waals surface area contributed by atoms with Crippen molar-refractivity contribution in [2.75, 3.05) is 7.05 Å². The maximum atomic E-state index is 8.98. The molecule has 0 aliphatic carbocycles. The van der Waals surface area contributed by atoms with Gasteiger partial charge in [0, 0.05) is 18.0 Å². The standard InChI is InChI=1S/C14H15N3S/c1-17(9-13-10-18-11-16-13)14(7-8-15)12-5-3-2-4-6-12/h2-6,10-11,14H,7,9H2,1H3. The van der Waals surface area contributed by atoms with E-state index in [0.717, 1.165) is 12.2 Å². The van der Waals surface area contributed by atoms with Crippen LogP contribution in [0, 0.1) is 11.3 Å². The van der Waals surface area contributed by atoms with Crippen LogP contribution in [0.4, 0.5) is 0 Å². The summed E-state index contributed by atoms with van der Waals surface area (Å²) in [5, 5.41) is 11.0. The molecule has 1 unspecified atom stereocenters. The minimum Gasteiger partial charge on any atom is -0.292 e. The highest BCUT2D eigenvalue weighted by Gasteiger charge is 2.17. The highest BCUT2D eigenvalue weighted by Crippen LogP contribution is 2.24. The summed E-state index contributed by atoms with van der Waals surface area (Å²) in [6.45, 7) is 0.769. The molecule has 0 bridgehead atoms. The van der Waals surface area contributed by atoms with E-state index in [1.807, 2.05) is 36.1 Å². The Labute approximate surface area is 111 Å². The van der Waals surface area contributed by atoms with Crippen LogP contribution in [0.25, 0.3) is 0 Å². The normalized spacial score (nSPS) is 12.3. The molecule has 2 rings (SSSR count). The fourth-order valence-corrected chi connectivity index (χ4v) is 2.52. The number of benzene rings is 1. The van der Waals surface area contributed by atoms with Gasteiger partial charge in [-0.3, -0.25) is 4.90 Å². The molecule has 2 aromatic rings. The number of hydrogen-bond acceptors (Lipinski definition) is 4. The maximum absolute atomic E-state index is 8.98. The molecule has 0 radical (unpaired) electrons. The molecular weight excluding hydrogens is 242 g/mol. The van der Waals surface area contributed by atoms with Gasteiger partial charge in [0.05, 0.1) is 23.7 Å². The van der Waals surface area contributed by atoms with Crippen LogP contribution in [0.2, 0.25) is 0 Å². The topological polar surface area (TPSA) is 39.9 Å². The van der Waals surface area contributed by atoms with E-state index in [4.69, 9.17) is 5.26 Å². The zero-order valence-electron chi connectivity index (χ0n) is 10.3. The van der Waals surface area contributed by atoms with Crippen molar-refractivity contribution >= 4 is 11.3 Å². The molecule has 1 aromatic carbocycles. The zero-order valence-corrected chi connectivity index (χ0v) is 11.1. The molecule has 3 nitrogen and oxygen atoms in total. The molecule has 1 heterocycles. The second-order valence-corrected chi connectivity index (χ2v) is 4.90. The molecule has 92 valence electrons. The largest absolute Gasteiger partial charge is 0.292 e. The van der Waals surface area contributed by atoms with Crippen molar-refractivity contribution in [1.29, 1.82) is 5.26 Å². The predicted octanol–water partition coefficient (Wildman–Crippen LogP) is 3.23. The fraction of sp³-hybridized carbons (Fsp3) is 0.286. The molecule has 0 N–H and O–H groups in total. The summed E-state index contributed by atoms with van der Waals surface area (Å²) >= 11 is 1.60. The number of hydrogen-bond donors (Lipinski definition) is 0. The lowest BCUT2D eigenvalue weighted by molar-refractivity contribution is 0.237. The van der Waals surface area contributed by atoms with Crippen molar-refractivity contribution in [3.8, 4) is 6.07 Å². The van der Waals surface area contributed by atoms with Crippen LogP contribution >= 0.6 is 11.3 Å². The summed E-state index contributed by atoms with van der Waals surface area (Å²) in [7, 11) is 2.04. The van der Waals surface area contributed by atoms with Gasteiger partial charge in [0.15, 0.2) is 0 Å². The van der Waals surface area contributed by atoms with Gasteiger partial charge in [0.25, 0.3) is 0 Å². The van der Waals surface area contributed by atoms with Crippen LogP contribution in [-0.4, -0.2) is 16.9 Å². The monoisotopic (exact) mass is 257 g/mol. The molecule has 0 spiro atoms. The van der Waals surface area contributed by atoms with Crippen molar-refractivity contribution in [2.24, 2.45) is 0 Å². The summed E-state index contributed by atoms with van der Waals surface area (Å²) in [5.74, 6) is 0. The Kier molecular flexibility index (Phi) is 4.46. The van der Waals surface area contributed by atoms with Crippen LogP contribution in [0.1, 0.15) is 23.7 Å². The van der Waals surface area contributed by atoms with Crippen molar-refractivity contribution < 1.29 is 0 Å². The zero-order chi connectivity index (χ0) is 12.8. The Bertz CT molecular complexity index is 502. The Hall–Kier alpha value is -1.70. The van der Waals surface area contributed by atoms with Gasteiger partial charge in [-0.1, -0.05) is 30.3 Å². The quantitative estimate of drug-likeness (QED) is 0.825. The van der Waals surface area contributed by atoms with E-state index in [1.165, 1.54) is 5.56 Å². The average Bonchev–Trinajstić information content (AvgIpc) is 2.89. The lowest BCUT2D eigenvalue weighted by atomic mass is 10.0. The lowest BCUT2D eigenvalue weighted by Crippen LogP contribution is -2.24. The summed E-state index contributed by atoms with van der Waals surface area (Å²) in [5.41, 5.74) is 4.07. The third-order valence-electron chi connectivity index (χ3n) is 2.90. The first-order valence-electron chi connectivity index (χ1n) is 5.80.